The fraction of sp³-hybridized carbons (Fsp3) is 0.429. The lowest BCUT2D eigenvalue weighted by atomic mass is 10.4. The van der Waals surface area contributed by atoms with Gasteiger partial charge in [-0.2, -0.15) is 0 Å². The third kappa shape index (κ3) is 1.36. The van der Waals surface area contributed by atoms with Crippen LogP contribution in [0.25, 0.3) is 0 Å². The minimum absolute atomic E-state index is 0.786. The van der Waals surface area contributed by atoms with Crippen LogP contribution in [0.4, 0.5) is 0 Å². The van der Waals surface area contributed by atoms with E-state index in [9.17, 15) is 0 Å². The molecule has 0 unspecified atom stereocenters. The molecule has 0 aromatic carbocycles. The highest BCUT2D eigenvalue weighted by Gasteiger charge is 1.95. The molecule has 0 amide bonds. The van der Waals surface area contributed by atoms with Gasteiger partial charge in [-0.05, 0) is 6.92 Å². The van der Waals surface area contributed by atoms with Gasteiger partial charge in [-0.1, -0.05) is 0 Å². The molecule has 0 bridgehead atoms. The number of nitrogens with one attached hydrogen (secondary N) is 1. The summed E-state index contributed by atoms with van der Waals surface area (Å²) in [4.78, 5) is 4.01. The van der Waals surface area contributed by atoms with E-state index >= 15 is 0 Å². The van der Waals surface area contributed by atoms with Crippen LogP contribution in [-0.2, 0) is 13.1 Å². The van der Waals surface area contributed by atoms with Crippen LogP contribution in [0.15, 0.2) is 12.5 Å². The van der Waals surface area contributed by atoms with E-state index in [0.29, 0.717) is 0 Å². The van der Waals surface area contributed by atoms with E-state index in [1.807, 2.05) is 12.5 Å². The van der Waals surface area contributed by atoms with Crippen molar-refractivity contribution in [1.82, 2.24) is 14.9 Å². The van der Waals surface area contributed by atoms with E-state index < -0.39 is 0 Å². The Kier molecular flexibility index (Phi) is 2.45. The van der Waals surface area contributed by atoms with E-state index in [2.05, 4.69) is 28.8 Å². The predicted molar refractivity (Wildman–Crippen MR) is 40.1 cm³/mol. The van der Waals surface area contributed by atoms with Gasteiger partial charge in [0.25, 0.3) is 0 Å². The van der Waals surface area contributed by atoms with E-state index in [0.717, 1.165) is 13.1 Å². The summed E-state index contributed by atoms with van der Waals surface area (Å²) in [6.07, 6.45) is 3.67. The van der Waals surface area contributed by atoms with Crippen LogP contribution >= 0.6 is 0 Å². The topological polar surface area (TPSA) is 29.9 Å². The number of nitrogens with zero attached hydrogens (tertiary/aromatic N) is 2. The zero-order chi connectivity index (χ0) is 7.40. The monoisotopic (exact) mass is 138 g/mol. The Morgan fingerprint density at radius 2 is 2.60 bits per heavy atom. The molecule has 0 aliphatic heterocycles. The van der Waals surface area contributed by atoms with Gasteiger partial charge in [-0.15, -0.1) is 0 Å². The molecule has 1 N–H and O–H groups in total. The highest BCUT2D eigenvalue weighted by atomic mass is 15.1. The Hall–Kier alpha value is -0.830. The minimum atomic E-state index is 0.786. The first kappa shape index (κ1) is 7.28. The molecule has 3 heteroatoms. The second-order valence-electron chi connectivity index (χ2n) is 2.10. The van der Waals surface area contributed by atoms with Crippen LogP contribution in [-0.4, -0.2) is 9.55 Å². The van der Waals surface area contributed by atoms with Gasteiger partial charge in [0.2, 0.25) is 0 Å². The first-order chi connectivity index (χ1) is 4.88. The van der Waals surface area contributed by atoms with Crippen LogP contribution in [0.3, 0.4) is 0 Å². The Labute approximate surface area is 61.1 Å². The van der Waals surface area contributed by atoms with Crippen LogP contribution in [0.5, 0.6) is 0 Å². The molecule has 0 atom stereocenters. The van der Waals surface area contributed by atoms with Crippen molar-refractivity contribution in [2.75, 3.05) is 0 Å². The van der Waals surface area contributed by atoms with Crippen LogP contribution in [0.2, 0.25) is 0 Å². The molecule has 1 radical (unpaired) electrons. The molecule has 1 aromatic rings. The summed E-state index contributed by atoms with van der Waals surface area (Å²) in [6.45, 7) is 3.85. The highest BCUT2D eigenvalue weighted by molar-refractivity contribution is 4.97. The molecule has 0 saturated carbocycles. The van der Waals surface area contributed by atoms with E-state index in [1.165, 1.54) is 5.69 Å². The maximum Gasteiger partial charge on any atom is 0.0948 e. The molecular weight excluding hydrogens is 126 g/mol. The molecular formula is C7H12N3. The van der Waals surface area contributed by atoms with Crippen molar-refractivity contribution in [2.24, 2.45) is 0 Å². The van der Waals surface area contributed by atoms with Gasteiger partial charge in [0.15, 0.2) is 0 Å². The molecule has 0 saturated heterocycles. The fourth-order valence-electron chi connectivity index (χ4n) is 0.908. The Balaban J connectivity index is 2.70. The summed E-state index contributed by atoms with van der Waals surface area (Å²) in [5, 5.41) is 2.83. The molecule has 1 rings (SSSR count). The van der Waals surface area contributed by atoms with Crippen LogP contribution < -0.4 is 5.32 Å². The molecule has 10 heavy (non-hydrogen) atoms. The summed E-state index contributed by atoms with van der Waals surface area (Å²) in [6, 6.07) is 0. The van der Waals surface area contributed by atoms with Crippen molar-refractivity contribution < 1.29 is 0 Å². The van der Waals surface area contributed by atoms with Gasteiger partial charge >= 0.3 is 0 Å². The average Bonchev–Trinajstić information content (AvgIpc) is 2.36. The van der Waals surface area contributed by atoms with Crippen molar-refractivity contribution in [3.05, 3.63) is 25.3 Å². The Bertz CT molecular complexity index is 192. The number of aryl methyl sites for hydroxylation is 1. The van der Waals surface area contributed by atoms with Gasteiger partial charge in [0.05, 0.1) is 12.0 Å². The summed E-state index contributed by atoms with van der Waals surface area (Å²) in [5.74, 6) is 0. The molecule has 0 fully saturated rings. The lowest BCUT2D eigenvalue weighted by Crippen LogP contribution is -2.07. The molecule has 1 aromatic heterocycles. The maximum atomic E-state index is 4.01. The quantitative estimate of drug-likeness (QED) is 0.669. The van der Waals surface area contributed by atoms with Gasteiger partial charge < -0.3 is 9.88 Å². The maximum absolute atomic E-state index is 4.01. The molecule has 3 nitrogen and oxygen atoms in total. The molecule has 0 spiro atoms. The standard InChI is InChI=1S/C7H12N3/c1-3-10-6-9-5-7(10)4-8-2/h5-6,8H,2-4H2,1H3. The van der Waals surface area contributed by atoms with Crippen molar-refractivity contribution >= 4 is 0 Å². The fourth-order valence-corrected chi connectivity index (χ4v) is 0.908. The third-order valence-electron chi connectivity index (χ3n) is 1.45. The lowest BCUT2D eigenvalue weighted by Gasteiger charge is -2.02. The number of rotatable bonds is 3. The number of hydrogen-bond acceptors (Lipinski definition) is 2. The van der Waals surface area contributed by atoms with Gasteiger partial charge in [0, 0.05) is 26.3 Å². The second kappa shape index (κ2) is 3.37. The zero-order valence-corrected chi connectivity index (χ0v) is 6.17. The van der Waals surface area contributed by atoms with Gasteiger partial charge in [-0.25, -0.2) is 4.98 Å². The largest absolute Gasteiger partial charge is 0.334 e. The molecule has 0 aliphatic carbocycles. The van der Waals surface area contributed by atoms with Gasteiger partial charge in [0.1, 0.15) is 0 Å². The number of imidazole rings is 1. The van der Waals surface area contributed by atoms with Crippen LogP contribution in [0, 0.1) is 7.05 Å². The first-order valence-corrected chi connectivity index (χ1v) is 3.37. The summed E-state index contributed by atoms with van der Waals surface area (Å²) in [7, 11) is 3.54. The Morgan fingerprint density at radius 1 is 1.80 bits per heavy atom. The van der Waals surface area contributed by atoms with Crippen molar-refractivity contribution in [3.63, 3.8) is 0 Å². The summed E-state index contributed by atoms with van der Waals surface area (Å²) in [5.41, 5.74) is 1.18. The van der Waals surface area contributed by atoms with E-state index in [1.54, 1.807) is 0 Å². The Morgan fingerprint density at radius 3 is 3.20 bits per heavy atom. The third-order valence-corrected chi connectivity index (χ3v) is 1.45. The molecule has 55 valence electrons. The minimum Gasteiger partial charge on any atom is -0.334 e. The van der Waals surface area contributed by atoms with Crippen molar-refractivity contribution in [3.8, 4) is 0 Å². The SMILES string of the molecule is [CH2]NCc1cncn1CC. The first-order valence-electron chi connectivity index (χ1n) is 3.37. The average molecular weight is 138 g/mol. The van der Waals surface area contributed by atoms with Gasteiger partial charge in [-0.3, -0.25) is 0 Å². The normalized spacial score (nSPS) is 10.2. The van der Waals surface area contributed by atoms with Crippen molar-refractivity contribution in [1.29, 1.82) is 0 Å². The summed E-state index contributed by atoms with van der Waals surface area (Å²) >= 11 is 0. The number of aromatic nitrogens is 2. The zero-order valence-electron chi connectivity index (χ0n) is 6.17. The second-order valence-corrected chi connectivity index (χ2v) is 2.10. The van der Waals surface area contributed by atoms with Crippen LogP contribution in [0.1, 0.15) is 12.6 Å². The lowest BCUT2D eigenvalue weighted by molar-refractivity contribution is 0.685. The smallest absolute Gasteiger partial charge is 0.0948 e. The molecule has 0 aliphatic rings. The molecule has 1 heterocycles. The van der Waals surface area contributed by atoms with Crippen molar-refractivity contribution in [2.45, 2.75) is 20.0 Å². The van der Waals surface area contributed by atoms with E-state index in [-0.39, 0.29) is 0 Å². The highest BCUT2D eigenvalue weighted by Crippen LogP contribution is 1.97. The summed E-state index contributed by atoms with van der Waals surface area (Å²) < 4.78 is 2.08. The van der Waals surface area contributed by atoms with E-state index in [4.69, 9.17) is 0 Å². The predicted octanol–water partition coefficient (Wildman–Crippen LogP) is 0.784. The number of hydrogen-bond donors (Lipinski definition) is 1.